The molecule has 0 aliphatic rings. The summed E-state index contributed by atoms with van der Waals surface area (Å²) in [6, 6.07) is 19.9. The van der Waals surface area contributed by atoms with Crippen LogP contribution in [0.15, 0.2) is 60.8 Å². The normalized spacial score (nSPS) is 10.2. The van der Waals surface area contributed by atoms with Crippen molar-refractivity contribution in [1.29, 1.82) is 5.26 Å². The van der Waals surface area contributed by atoms with Crippen LogP contribution in [-0.4, -0.2) is 4.98 Å². The standard InChI is InChI=1S/C18H14N2O/c19-11-10-15-8-9-17(18-16(15)7-4-12-20-18)21-13-14-5-2-1-3-6-14/h1-9,12H,10,13H2. The molecule has 0 bridgehead atoms. The van der Waals surface area contributed by atoms with Crippen LogP contribution in [0.4, 0.5) is 0 Å². The Kier molecular flexibility index (Phi) is 3.79. The van der Waals surface area contributed by atoms with Gasteiger partial charge in [-0.05, 0) is 23.3 Å². The van der Waals surface area contributed by atoms with E-state index in [4.69, 9.17) is 10.00 Å². The van der Waals surface area contributed by atoms with E-state index in [9.17, 15) is 0 Å². The van der Waals surface area contributed by atoms with Gasteiger partial charge in [-0.3, -0.25) is 4.98 Å². The Balaban J connectivity index is 1.93. The highest BCUT2D eigenvalue weighted by atomic mass is 16.5. The van der Waals surface area contributed by atoms with Crippen molar-refractivity contribution in [3.8, 4) is 11.8 Å². The largest absolute Gasteiger partial charge is 0.487 e. The Morgan fingerprint density at radius 1 is 1.00 bits per heavy atom. The van der Waals surface area contributed by atoms with Crippen LogP contribution in [0.2, 0.25) is 0 Å². The zero-order valence-electron chi connectivity index (χ0n) is 11.5. The number of nitriles is 1. The number of pyridine rings is 1. The van der Waals surface area contributed by atoms with Crippen molar-refractivity contribution in [3.63, 3.8) is 0 Å². The second-order valence-corrected chi connectivity index (χ2v) is 4.73. The van der Waals surface area contributed by atoms with Gasteiger partial charge in [-0.2, -0.15) is 5.26 Å². The molecule has 102 valence electrons. The Labute approximate surface area is 123 Å². The minimum absolute atomic E-state index is 0.376. The van der Waals surface area contributed by atoms with Gasteiger partial charge in [-0.1, -0.05) is 42.5 Å². The maximum atomic E-state index is 8.90. The van der Waals surface area contributed by atoms with E-state index >= 15 is 0 Å². The second-order valence-electron chi connectivity index (χ2n) is 4.73. The summed E-state index contributed by atoms with van der Waals surface area (Å²) in [5, 5.41) is 9.88. The first-order chi connectivity index (χ1) is 10.4. The monoisotopic (exact) mass is 274 g/mol. The molecule has 3 aromatic rings. The number of nitrogens with zero attached hydrogens (tertiary/aromatic N) is 2. The van der Waals surface area contributed by atoms with E-state index in [2.05, 4.69) is 11.1 Å². The lowest BCUT2D eigenvalue weighted by molar-refractivity contribution is 0.309. The number of benzene rings is 2. The van der Waals surface area contributed by atoms with Crippen molar-refractivity contribution in [2.75, 3.05) is 0 Å². The lowest BCUT2D eigenvalue weighted by atomic mass is 10.1. The van der Waals surface area contributed by atoms with E-state index in [1.807, 2.05) is 54.6 Å². The molecule has 0 atom stereocenters. The van der Waals surface area contributed by atoms with E-state index < -0.39 is 0 Å². The first kappa shape index (κ1) is 13.1. The summed E-state index contributed by atoms with van der Waals surface area (Å²) in [6.45, 7) is 0.504. The predicted octanol–water partition coefficient (Wildman–Crippen LogP) is 3.88. The number of hydrogen-bond acceptors (Lipinski definition) is 3. The molecule has 0 amide bonds. The molecule has 0 aliphatic heterocycles. The molecule has 3 rings (SSSR count). The quantitative estimate of drug-likeness (QED) is 0.725. The summed E-state index contributed by atoms with van der Waals surface area (Å²) in [7, 11) is 0. The van der Waals surface area contributed by atoms with Gasteiger partial charge in [0.15, 0.2) is 0 Å². The molecule has 3 nitrogen and oxygen atoms in total. The summed E-state index contributed by atoms with van der Waals surface area (Å²) in [6.07, 6.45) is 2.12. The van der Waals surface area contributed by atoms with E-state index in [0.717, 1.165) is 27.8 Å². The molecular weight excluding hydrogens is 260 g/mol. The number of aromatic nitrogens is 1. The molecule has 0 aliphatic carbocycles. The minimum Gasteiger partial charge on any atom is -0.487 e. The van der Waals surface area contributed by atoms with Gasteiger partial charge in [0.2, 0.25) is 0 Å². The molecule has 2 aromatic carbocycles. The van der Waals surface area contributed by atoms with Gasteiger partial charge in [0, 0.05) is 11.6 Å². The maximum absolute atomic E-state index is 8.90. The Bertz CT molecular complexity index is 791. The van der Waals surface area contributed by atoms with Gasteiger partial charge in [0.1, 0.15) is 17.9 Å². The van der Waals surface area contributed by atoms with Crippen LogP contribution < -0.4 is 4.74 Å². The van der Waals surface area contributed by atoms with Gasteiger partial charge in [0.25, 0.3) is 0 Å². The molecule has 0 fully saturated rings. The van der Waals surface area contributed by atoms with Crippen molar-refractivity contribution >= 4 is 10.9 Å². The SMILES string of the molecule is N#CCc1ccc(OCc2ccccc2)c2ncccc12. The highest BCUT2D eigenvalue weighted by Gasteiger charge is 2.08. The third-order valence-electron chi connectivity index (χ3n) is 3.33. The minimum atomic E-state index is 0.376. The van der Waals surface area contributed by atoms with Crippen LogP contribution >= 0.6 is 0 Å². The fourth-order valence-corrected chi connectivity index (χ4v) is 2.30. The summed E-state index contributed by atoms with van der Waals surface area (Å²) in [4.78, 5) is 4.40. The summed E-state index contributed by atoms with van der Waals surface area (Å²) < 4.78 is 5.89. The molecule has 0 spiro atoms. The Morgan fingerprint density at radius 3 is 2.67 bits per heavy atom. The number of ether oxygens (including phenoxy) is 1. The molecule has 21 heavy (non-hydrogen) atoms. The summed E-state index contributed by atoms with van der Waals surface area (Å²) >= 11 is 0. The topological polar surface area (TPSA) is 45.9 Å². The maximum Gasteiger partial charge on any atom is 0.146 e. The van der Waals surface area contributed by atoms with E-state index in [1.54, 1.807) is 6.20 Å². The lowest BCUT2D eigenvalue weighted by Gasteiger charge is -2.10. The fourth-order valence-electron chi connectivity index (χ4n) is 2.30. The third kappa shape index (κ3) is 2.85. The first-order valence-corrected chi connectivity index (χ1v) is 6.79. The van der Waals surface area contributed by atoms with Gasteiger partial charge < -0.3 is 4.74 Å². The summed E-state index contributed by atoms with van der Waals surface area (Å²) in [5.41, 5.74) is 2.90. The fraction of sp³-hybridized carbons (Fsp3) is 0.111. The van der Waals surface area contributed by atoms with Gasteiger partial charge >= 0.3 is 0 Å². The van der Waals surface area contributed by atoms with Crippen LogP contribution in [0, 0.1) is 11.3 Å². The Morgan fingerprint density at radius 2 is 1.86 bits per heavy atom. The predicted molar refractivity (Wildman–Crippen MR) is 81.8 cm³/mol. The van der Waals surface area contributed by atoms with Crippen molar-refractivity contribution < 1.29 is 4.74 Å². The zero-order valence-corrected chi connectivity index (χ0v) is 11.5. The van der Waals surface area contributed by atoms with Crippen LogP contribution in [0.1, 0.15) is 11.1 Å². The van der Waals surface area contributed by atoms with Gasteiger partial charge in [-0.25, -0.2) is 0 Å². The van der Waals surface area contributed by atoms with E-state index in [-0.39, 0.29) is 0 Å². The van der Waals surface area contributed by atoms with Crippen LogP contribution in [-0.2, 0) is 13.0 Å². The van der Waals surface area contributed by atoms with Crippen LogP contribution in [0.25, 0.3) is 10.9 Å². The van der Waals surface area contributed by atoms with Gasteiger partial charge in [-0.15, -0.1) is 0 Å². The van der Waals surface area contributed by atoms with Crippen LogP contribution in [0.5, 0.6) is 5.75 Å². The first-order valence-electron chi connectivity index (χ1n) is 6.79. The number of fused-ring (bicyclic) bond motifs is 1. The van der Waals surface area contributed by atoms with Crippen LogP contribution in [0.3, 0.4) is 0 Å². The highest BCUT2D eigenvalue weighted by Crippen LogP contribution is 2.27. The molecular formula is C18H14N2O. The van der Waals surface area contributed by atoms with E-state index in [0.29, 0.717) is 13.0 Å². The average molecular weight is 274 g/mol. The van der Waals surface area contributed by atoms with Gasteiger partial charge in [0.05, 0.1) is 12.5 Å². The number of rotatable bonds is 4. The number of hydrogen-bond donors (Lipinski definition) is 0. The molecule has 3 heteroatoms. The van der Waals surface area contributed by atoms with Crippen molar-refractivity contribution in [2.24, 2.45) is 0 Å². The molecule has 0 N–H and O–H groups in total. The third-order valence-corrected chi connectivity index (χ3v) is 3.33. The highest BCUT2D eigenvalue weighted by molar-refractivity contribution is 5.87. The second kappa shape index (κ2) is 6.06. The molecule has 0 saturated carbocycles. The molecule has 1 heterocycles. The van der Waals surface area contributed by atoms with E-state index in [1.165, 1.54) is 0 Å². The Hall–Kier alpha value is -2.86. The average Bonchev–Trinajstić information content (AvgIpc) is 2.55. The van der Waals surface area contributed by atoms with Crippen molar-refractivity contribution in [1.82, 2.24) is 4.98 Å². The zero-order chi connectivity index (χ0) is 14.5. The molecule has 0 unspecified atom stereocenters. The molecule has 0 saturated heterocycles. The smallest absolute Gasteiger partial charge is 0.146 e. The lowest BCUT2D eigenvalue weighted by Crippen LogP contribution is -1.97. The molecule has 0 radical (unpaired) electrons. The summed E-state index contributed by atoms with van der Waals surface area (Å²) in [5.74, 6) is 0.746. The van der Waals surface area contributed by atoms with Crippen molar-refractivity contribution in [2.45, 2.75) is 13.0 Å². The van der Waals surface area contributed by atoms with Crippen molar-refractivity contribution in [3.05, 3.63) is 71.9 Å². The molecule has 1 aromatic heterocycles.